The Morgan fingerprint density at radius 2 is 1.66 bits per heavy atom. The summed E-state index contributed by atoms with van der Waals surface area (Å²) >= 11 is 0. The number of amides is 1. The lowest BCUT2D eigenvalue weighted by molar-refractivity contribution is -0.137. The molecule has 0 aliphatic rings. The van der Waals surface area contributed by atoms with E-state index in [-0.39, 0.29) is 24.7 Å². The van der Waals surface area contributed by atoms with E-state index in [1.54, 1.807) is 11.9 Å². The van der Waals surface area contributed by atoms with E-state index in [4.69, 9.17) is 14.8 Å². The van der Waals surface area contributed by atoms with Crippen molar-refractivity contribution >= 4 is 30.1 Å². The van der Waals surface area contributed by atoms with E-state index in [0.29, 0.717) is 31.0 Å². The Morgan fingerprint density at radius 1 is 0.943 bits per heavy atom. The molecule has 0 radical (unpaired) electrons. The monoisotopic (exact) mass is 504 g/mol. The lowest BCUT2D eigenvalue weighted by Crippen LogP contribution is -2.26. The number of unbranched alkanes of at least 4 members (excludes halogenated alkanes) is 6. The lowest BCUT2D eigenvalue weighted by atomic mass is 10.0. The van der Waals surface area contributed by atoms with Gasteiger partial charge in [0.05, 0.1) is 12.3 Å². The van der Waals surface area contributed by atoms with E-state index in [9.17, 15) is 9.59 Å². The summed E-state index contributed by atoms with van der Waals surface area (Å²) in [5, 5.41) is 9.01. The molecule has 7 heteroatoms. The zero-order chi connectivity index (χ0) is 24.8. The number of pyridine rings is 1. The van der Waals surface area contributed by atoms with E-state index in [1.165, 1.54) is 25.7 Å². The highest BCUT2D eigenvalue weighted by Gasteiger charge is 2.15. The van der Waals surface area contributed by atoms with Crippen LogP contribution in [-0.2, 0) is 16.0 Å². The fraction of sp³-hybridized carbons (Fsp3) is 0.536. The molecular formula is C28H41ClN2O4. The first-order valence-corrected chi connectivity index (χ1v) is 12.7. The lowest BCUT2D eigenvalue weighted by Gasteiger charge is -2.18. The molecule has 0 saturated carbocycles. The molecule has 0 bridgehead atoms. The second-order valence-corrected chi connectivity index (χ2v) is 8.78. The number of aromatic nitrogens is 1. The van der Waals surface area contributed by atoms with E-state index in [1.807, 2.05) is 36.4 Å². The number of hydrogen-bond donors (Lipinski definition) is 1. The molecule has 0 aliphatic heterocycles. The molecule has 194 valence electrons. The molecule has 0 fully saturated rings. The van der Waals surface area contributed by atoms with Gasteiger partial charge in [0.1, 0.15) is 11.6 Å². The number of carboxylic acid groups (broad SMARTS) is 1. The van der Waals surface area contributed by atoms with Gasteiger partial charge in [-0.25, -0.2) is 4.98 Å². The number of benzene rings is 1. The third-order valence-electron chi connectivity index (χ3n) is 5.90. The number of nitrogens with zero attached hydrogens (tertiary/aromatic N) is 2. The summed E-state index contributed by atoms with van der Waals surface area (Å²) in [5.41, 5.74) is 2.49. The molecule has 1 amide bonds. The number of hydrogen-bond acceptors (Lipinski definition) is 4. The van der Waals surface area contributed by atoms with Crippen LogP contribution >= 0.6 is 12.4 Å². The van der Waals surface area contributed by atoms with Crippen LogP contribution in [0.3, 0.4) is 0 Å². The Labute approximate surface area is 216 Å². The zero-order valence-electron chi connectivity index (χ0n) is 21.4. The summed E-state index contributed by atoms with van der Waals surface area (Å²) in [6, 6.07) is 11.4. The Kier molecular flexibility index (Phi) is 14.7. The average molecular weight is 505 g/mol. The van der Waals surface area contributed by atoms with Crippen LogP contribution in [0.2, 0.25) is 0 Å². The molecule has 0 atom stereocenters. The Hall–Kier alpha value is -2.60. The second kappa shape index (κ2) is 16.9. The fourth-order valence-corrected chi connectivity index (χ4v) is 3.74. The number of aliphatic carboxylic acids is 1. The van der Waals surface area contributed by atoms with E-state index in [0.717, 1.165) is 42.5 Å². The van der Waals surface area contributed by atoms with Crippen molar-refractivity contribution in [2.75, 3.05) is 18.6 Å². The smallest absolute Gasteiger partial charge is 0.303 e. The standard InChI is InChI=1S/C28H40N2O4.ClH/c1-4-6-8-9-10-11-15-27(31)30(3)26-14-12-13-24(29-26)23-18-16-22(17-19-28(32)33)21-25(23)34-20-7-5-2;/h12-14,16,18,21H,4-11,15,17,19-20H2,1-3H3,(H,32,33);1H. The van der Waals surface area contributed by atoms with E-state index < -0.39 is 5.97 Å². The highest BCUT2D eigenvalue weighted by atomic mass is 35.5. The Balaban J connectivity index is 0.00000612. The summed E-state index contributed by atoms with van der Waals surface area (Å²) in [5.74, 6) is 0.564. The molecule has 2 rings (SSSR count). The van der Waals surface area contributed by atoms with Crippen LogP contribution in [0.15, 0.2) is 36.4 Å². The minimum atomic E-state index is -0.819. The van der Waals surface area contributed by atoms with Crippen molar-refractivity contribution in [3.05, 3.63) is 42.0 Å². The maximum Gasteiger partial charge on any atom is 0.303 e. The molecule has 0 aliphatic carbocycles. The second-order valence-electron chi connectivity index (χ2n) is 8.78. The summed E-state index contributed by atoms with van der Waals surface area (Å²) in [6.45, 7) is 4.90. The normalized spacial score (nSPS) is 10.5. The third-order valence-corrected chi connectivity index (χ3v) is 5.90. The van der Waals surface area contributed by atoms with Gasteiger partial charge in [-0.05, 0) is 49.1 Å². The van der Waals surface area contributed by atoms with Crippen LogP contribution in [0.1, 0.15) is 83.6 Å². The van der Waals surface area contributed by atoms with Gasteiger partial charge in [-0.15, -0.1) is 12.4 Å². The van der Waals surface area contributed by atoms with Crippen LogP contribution < -0.4 is 9.64 Å². The predicted octanol–water partition coefficient (Wildman–Crippen LogP) is 7.08. The van der Waals surface area contributed by atoms with Crippen LogP contribution in [0.25, 0.3) is 11.3 Å². The van der Waals surface area contributed by atoms with Crippen LogP contribution in [-0.4, -0.2) is 35.6 Å². The number of carboxylic acids is 1. The highest BCUT2D eigenvalue weighted by Crippen LogP contribution is 2.32. The van der Waals surface area contributed by atoms with Gasteiger partial charge in [0.2, 0.25) is 5.91 Å². The first-order valence-electron chi connectivity index (χ1n) is 12.7. The molecule has 2 aromatic rings. The van der Waals surface area contributed by atoms with E-state index in [2.05, 4.69) is 13.8 Å². The highest BCUT2D eigenvalue weighted by molar-refractivity contribution is 5.92. The van der Waals surface area contributed by atoms with Crippen LogP contribution in [0.5, 0.6) is 5.75 Å². The Morgan fingerprint density at radius 3 is 2.37 bits per heavy atom. The molecule has 35 heavy (non-hydrogen) atoms. The largest absolute Gasteiger partial charge is 0.493 e. The maximum atomic E-state index is 12.7. The molecule has 1 aromatic heterocycles. The van der Waals surface area contributed by atoms with Gasteiger partial charge in [-0.1, -0.05) is 64.5 Å². The summed E-state index contributed by atoms with van der Waals surface area (Å²) in [6.07, 6.45) is 9.89. The van der Waals surface area contributed by atoms with Crippen molar-refractivity contribution in [2.45, 2.75) is 84.5 Å². The number of anilines is 1. The van der Waals surface area contributed by atoms with Gasteiger partial charge in [0.15, 0.2) is 0 Å². The van der Waals surface area contributed by atoms with Crippen molar-refractivity contribution in [3.8, 4) is 17.0 Å². The van der Waals surface area contributed by atoms with Crippen molar-refractivity contribution in [1.29, 1.82) is 0 Å². The Bertz CT molecular complexity index is 920. The summed E-state index contributed by atoms with van der Waals surface area (Å²) in [7, 11) is 1.78. The van der Waals surface area contributed by atoms with Gasteiger partial charge < -0.3 is 9.84 Å². The fourth-order valence-electron chi connectivity index (χ4n) is 3.74. The number of carbonyl (C=O) groups is 2. The zero-order valence-corrected chi connectivity index (χ0v) is 22.2. The predicted molar refractivity (Wildman–Crippen MR) is 145 cm³/mol. The quantitative estimate of drug-likeness (QED) is 0.247. The first-order chi connectivity index (χ1) is 16.5. The van der Waals surface area contributed by atoms with Crippen molar-refractivity contribution in [3.63, 3.8) is 0 Å². The molecular weight excluding hydrogens is 464 g/mol. The average Bonchev–Trinajstić information content (AvgIpc) is 2.84. The molecule has 0 spiro atoms. The van der Waals surface area contributed by atoms with Crippen molar-refractivity contribution in [2.24, 2.45) is 0 Å². The number of ether oxygens (including phenoxy) is 1. The number of halogens is 1. The summed E-state index contributed by atoms with van der Waals surface area (Å²) < 4.78 is 6.05. The first kappa shape index (κ1) is 30.4. The van der Waals surface area contributed by atoms with Crippen LogP contribution in [0.4, 0.5) is 5.82 Å². The number of aryl methyl sites for hydroxylation is 1. The topological polar surface area (TPSA) is 79.7 Å². The molecule has 1 aromatic carbocycles. The SMILES string of the molecule is CCCCCCCCC(=O)N(C)c1cccc(-c2ccc(CCC(=O)O)cc2OCCCC)n1.Cl. The molecule has 1 N–H and O–H groups in total. The molecule has 0 unspecified atom stereocenters. The van der Waals surface area contributed by atoms with Gasteiger partial charge in [0, 0.05) is 25.5 Å². The number of carbonyl (C=O) groups excluding carboxylic acids is 1. The molecule has 6 nitrogen and oxygen atoms in total. The molecule has 0 saturated heterocycles. The third kappa shape index (κ3) is 10.7. The van der Waals surface area contributed by atoms with Gasteiger partial charge in [-0.2, -0.15) is 0 Å². The van der Waals surface area contributed by atoms with Gasteiger partial charge >= 0.3 is 5.97 Å². The number of rotatable bonds is 16. The minimum absolute atomic E-state index is 0. The maximum absolute atomic E-state index is 12.7. The van der Waals surface area contributed by atoms with Gasteiger partial charge in [0.25, 0.3) is 0 Å². The molecule has 1 heterocycles. The van der Waals surface area contributed by atoms with E-state index >= 15 is 0 Å². The van der Waals surface area contributed by atoms with Crippen molar-refractivity contribution in [1.82, 2.24) is 4.98 Å². The summed E-state index contributed by atoms with van der Waals surface area (Å²) in [4.78, 5) is 30.1. The van der Waals surface area contributed by atoms with Gasteiger partial charge in [-0.3, -0.25) is 14.5 Å². The van der Waals surface area contributed by atoms with Crippen molar-refractivity contribution < 1.29 is 19.4 Å². The minimum Gasteiger partial charge on any atom is -0.493 e. The van der Waals surface area contributed by atoms with Crippen LogP contribution in [0, 0.1) is 0 Å².